The topological polar surface area (TPSA) is 69.7 Å². The van der Waals surface area contributed by atoms with E-state index in [4.69, 9.17) is 0 Å². The maximum absolute atomic E-state index is 10.6. The van der Waals surface area contributed by atoms with Gasteiger partial charge < -0.3 is 0 Å². The van der Waals surface area contributed by atoms with E-state index in [1.165, 1.54) is 0 Å². The van der Waals surface area contributed by atoms with Gasteiger partial charge in [-0.1, -0.05) is 18.2 Å². The molecular weight excluding hydrogens is 261 g/mol. The lowest BCUT2D eigenvalue weighted by Gasteiger charge is -1.75. The van der Waals surface area contributed by atoms with E-state index in [1.807, 2.05) is 0 Å². The van der Waals surface area contributed by atoms with Crippen LogP contribution in [0.1, 0.15) is 0 Å². The molecule has 0 heterocycles. The zero-order valence-corrected chi connectivity index (χ0v) is 10.2. The first-order valence-electron chi connectivity index (χ1n) is 2.52. The first-order chi connectivity index (χ1) is 5.52. The highest BCUT2D eigenvalue weighted by Crippen LogP contribution is 2.36. The standard InChI is InChI=1S/C2H4O5P3S2/c3-8(11)1-6-10(5)7-2-9(4)12/h1-2H2/q+1/p+2. The summed E-state index contributed by atoms with van der Waals surface area (Å²) in [6.45, 7) is 0. The van der Waals surface area contributed by atoms with Crippen LogP contribution in [0.3, 0.4) is 0 Å². The smallest absolute Gasteiger partial charge is 0.0647 e. The fourth-order valence-corrected chi connectivity index (χ4v) is 2.78. The van der Waals surface area contributed by atoms with E-state index in [2.05, 4.69) is 33.5 Å². The van der Waals surface area contributed by atoms with Gasteiger partial charge in [-0.05, 0) is 0 Å². The molecule has 10 heteroatoms. The molecule has 0 aliphatic heterocycles. The van der Waals surface area contributed by atoms with Gasteiger partial charge in [-0.15, -0.1) is 0 Å². The van der Waals surface area contributed by atoms with Crippen LogP contribution in [0.15, 0.2) is 0 Å². The average molecular weight is 267 g/mol. The van der Waals surface area contributed by atoms with Crippen molar-refractivity contribution in [2.75, 3.05) is 12.7 Å². The zero-order chi connectivity index (χ0) is 9.56. The van der Waals surface area contributed by atoms with E-state index in [9.17, 15) is 13.7 Å². The minimum atomic E-state index is -2.36. The maximum atomic E-state index is 10.6. The predicted molar refractivity (Wildman–Crippen MR) is 52.7 cm³/mol. The molecule has 0 aromatic heterocycles. The van der Waals surface area contributed by atoms with Crippen molar-refractivity contribution < 1.29 is 22.7 Å². The van der Waals surface area contributed by atoms with Crippen molar-refractivity contribution in [3.63, 3.8) is 0 Å². The number of hydrogen-bond donors (Lipinski definition) is 2. The van der Waals surface area contributed by atoms with Gasteiger partial charge in [0.1, 0.15) is 24.5 Å². The van der Waals surface area contributed by atoms with Gasteiger partial charge in [-0.25, -0.2) is 0 Å². The Kier molecular flexibility index (Phi) is 7.90. The number of thiol groups is 2. The van der Waals surface area contributed by atoms with Crippen molar-refractivity contribution in [2.45, 2.75) is 0 Å². The number of rotatable bonds is 6. The molecule has 0 aliphatic rings. The monoisotopic (exact) mass is 267 g/mol. The maximum Gasteiger partial charge on any atom is 0.706 e. The van der Waals surface area contributed by atoms with E-state index >= 15 is 0 Å². The Balaban J connectivity index is 3.47. The lowest BCUT2D eigenvalue weighted by atomic mass is 11.7. The Morgan fingerprint density at radius 3 is 1.50 bits per heavy atom. The Hall–Kier alpha value is 0.920. The minimum Gasteiger partial charge on any atom is -0.0647 e. The van der Waals surface area contributed by atoms with Crippen LogP contribution in [0, 0.1) is 0 Å². The van der Waals surface area contributed by atoms with Gasteiger partial charge in [0, 0.05) is 4.57 Å². The van der Waals surface area contributed by atoms with Gasteiger partial charge in [0.2, 0.25) is 0 Å². The first-order valence-corrected chi connectivity index (χ1v) is 8.81. The quantitative estimate of drug-likeness (QED) is 0.572. The third-order valence-corrected chi connectivity index (χ3v) is 3.03. The Bertz CT molecular complexity index is 187. The zero-order valence-electron chi connectivity index (χ0n) is 5.69. The predicted octanol–water partition coefficient (Wildman–Crippen LogP) is 2.94. The molecule has 2 atom stereocenters. The molecule has 0 saturated carbocycles. The van der Waals surface area contributed by atoms with Crippen LogP contribution in [0.2, 0.25) is 0 Å². The van der Waals surface area contributed by atoms with Crippen LogP contribution < -0.4 is 0 Å². The summed E-state index contributed by atoms with van der Waals surface area (Å²) in [6, 6.07) is 0. The van der Waals surface area contributed by atoms with Crippen molar-refractivity contribution >= 4 is 46.8 Å². The van der Waals surface area contributed by atoms with E-state index in [0.29, 0.717) is 0 Å². The molecule has 0 radical (unpaired) electrons. The lowest BCUT2D eigenvalue weighted by Crippen LogP contribution is -1.81. The van der Waals surface area contributed by atoms with E-state index < -0.39 is 22.3 Å². The molecule has 5 nitrogen and oxygen atoms in total. The minimum absolute atomic E-state index is 0.253. The first kappa shape index (κ1) is 12.9. The summed E-state index contributed by atoms with van der Waals surface area (Å²) in [5, 5.41) is 0. The summed E-state index contributed by atoms with van der Waals surface area (Å²) in [5.74, 6) is 0. The molecule has 0 fully saturated rings. The van der Waals surface area contributed by atoms with Crippen LogP contribution in [0.4, 0.5) is 0 Å². The average Bonchev–Trinajstić information content (AvgIpc) is 1.96. The van der Waals surface area contributed by atoms with Gasteiger partial charge in [0.05, 0.1) is 0 Å². The third kappa shape index (κ3) is 9.01. The highest BCUT2D eigenvalue weighted by atomic mass is 32.7. The van der Waals surface area contributed by atoms with Crippen molar-refractivity contribution in [3.05, 3.63) is 0 Å². The molecule has 0 N–H and O–H groups in total. The fourth-order valence-electron chi connectivity index (χ4n) is 0.230. The van der Waals surface area contributed by atoms with Crippen LogP contribution in [-0.2, 0) is 22.7 Å². The summed E-state index contributed by atoms with van der Waals surface area (Å²) < 4.78 is 40.1. The third-order valence-electron chi connectivity index (χ3n) is 0.547. The fraction of sp³-hybridized carbons (Fsp3) is 1.00. The van der Waals surface area contributed by atoms with E-state index in [1.54, 1.807) is 0 Å². The van der Waals surface area contributed by atoms with Crippen LogP contribution in [-0.4, -0.2) is 12.7 Å². The largest absolute Gasteiger partial charge is 0.706 e. The van der Waals surface area contributed by atoms with Gasteiger partial charge in [0.25, 0.3) is 0 Å². The second-order valence-corrected chi connectivity index (χ2v) is 7.01. The number of hydrogen-bond acceptors (Lipinski definition) is 5. The summed E-state index contributed by atoms with van der Waals surface area (Å²) >= 11 is 7.02. The molecular formula is C2H6O5P3S2+3. The molecule has 0 aliphatic carbocycles. The summed E-state index contributed by atoms with van der Waals surface area (Å²) in [4.78, 5) is 0. The van der Waals surface area contributed by atoms with Gasteiger partial charge in [0.15, 0.2) is 0 Å². The molecule has 0 bridgehead atoms. The molecule has 0 rings (SSSR count). The summed E-state index contributed by atoms with van der Waals surface area (Å²) in [7, 11) is -5.95. The molecule has 0 spiro atoms. The molecule has 2 unspecified atom stereocenters. The molecule has 68 valence electrons. The lowest BCUT2D eigenvalue weighted by molar-refractivity contribution is 0.279. The Morgan fingerprint density at radius 1 is 0.917 bits per heavy atom. The van der Waals surface area contributed by atoms with Crippen LogP contribution in [0.5, 0.6) is 0 Å². The van der Waals surface area contributed by atoms with Crippen molar-refractivity contribution in [2.24, 2.45) is 0 Å². The normalized spacial score (nSPS) is 14.0. The second-order valence-electron chi connectivity index (χ2n) is 1.44. The Labute approximate surface area is 82.4 Å². The molecule has 12 heavy (non-hydrogen) atoms. The molecule has 0 aromatic rings. The van der Waals surface area contributed by atoms with Crippen molar-refractivity contribution in [3.8, 4) is 0 Å². The van der Waals surface area contributed by atoms with Crippen LogP contribution >= 0.6 is 46.8 Å². The summed E-state index contributed by atoms with van der Waals surface area (Å²) in [6.07, 6.45) is -0.506. The van der Waals surface area contributed by atoms with Gasteiger partial charge in [-0.3, -0.25) is 0 Å². The SMILES string of the molecule is O=[P+](S)CO[P+](=O)OC[P+](=O)S. The molecule has 0 saturated heterocycles. The summed E-state index contributed by atoms with van der Waals surface area (Å²) in [5.41, 5.74) is 0. The molecule has 0 amide bonds. The van der Waals surface area contributed by atoms with E-state index in [-0.39, 0.29) is 12.7 Å². The van der Waals surface area contributed by atoms with Gasteiger partial charge >= 0.3 is 35.0 Å². The highest BCUT2D eigenvalue weighted by molar-refractivity contribution is 8.40. The highest BCUT2D eigenvalue weighted by Gasteiger charge is 2.29. The van der Waals surface area contributed by atoms with Crippen LogP contribution in [0.25, 0.3) is 0 Å². The molecule has 0 aromatic carbocycles. The second kappa shape index (κ2) is 7.34. The van der Waals surface area contributed by atoms with Crippen molar-refractivity contribution in [1.29, 1.82) is 0 Å². The van der Waals surface area contributed by atoms with E-state index in [0.717, 1.165) is 0 Å². The Morgan fingerprint density at radius 2 is 1.25 bits per heavy atom. The van der Waals surface area contributed by atoms with Crippen molar-refractivity contribution in [1.82, 2.24) is 0 Å². The van der Waals surface area contributed by atoms with Gasteiger partial charge in [-0.2, -0.15) is 0 Å².